The molecule has 0 aliphatic carbocycles. The van der Waals surface area contributed by atoms with Crippen molar-refractivity contribution in [2.45, 2.75) is 92.4 Å². The summed E-state index contributed by atoms with van der Waals surface area (Å²) in [5, 5.41) is 0. The summed E-state index contributed by atoms with van der Waals surface area (Å²) in [6, 6.07) is 0. The third-order valence-electron chi connectivity index (χ3n) is 4.67. The van der Waals surface area contributed by atoms with Crippen molar-refractivity contribution < 1.29 is 9.53 Å². The largest absolute Gasteiger partial charge is 0.384 e. The van der Waals surface area contributed by atoms with Crippen LogP contribution >= 0.6 is 0 Å². The minimum absolute atomic E-state index is 0.241. The molecule has 0 N–H and O–H groups in total. The van der Waals surface area contributed by atoms with Gasteiger partial charge in [0.05, 0.1) is 12.0 Å². The molecule has 2 nitrogen and oxygen atoms in total. The van der Waals surface area contributed by atoms with Gasteiger partial charge < -0.3 is 4.74 Å². The van der Waals surface area contributed by atoms with E-state index in [1.807, 2.05) is 0 Å². The first-order chi connectivity index (χ1) is 10.4. The second-order valence-corrected chi connectivity index (χ2v) is 7.81. The lowest BCUT2D eigenvalue weighted by Gasteiger charge is -2.33. The zero-order chi connectivity index (χ0) is 17.0. The third kappa shape index (κ3) is 8.92. The van der Waals surface area contributed by atoms with E-state index in [1.165, 1.54) is 19.3 Å². The Hall–Kier alpha value is -0.370. The molecule has 0 fully saturated rings. The van der Waals surface area contributed by atoms with E-state index < -0.39 is 0 Å². The van der Waals surface area contributed by atoms with Crippen molar-refractivity contribution in [3.8, 4) is 0 Å². The molecule has 0 aliphatic rings. The average molecular weight is 313 g/mol. The lowest BCUT2D eigenvalue weighted by atomic mass is 9.72. The minimum atomic E-state index is -0.241. The van der Waals surface area contributed by atoms with E-state index in [0.29, 0.717) is 24.2 Å². The molecule has 0 unspecified atom stereocenters. The quantitative estimate of drug-likeness (QED) is 0.366. The molecule has 0 aromatic rings. The SMILES string of the molecule is CCCCCCC(=O)C(CCC(C)C)(CCC(C)C)COC. The summed E-state index contributed by atoms with van der Waals surface area (Å²) in [7, 11) is 1.74. The average Bonchev–Trinajstić information content (AvgIpc) is 2.46. The van der Waals surface area contributed by atoms with Crippen LogP contribution in [0.3, 0.4) is 0 Å². The Balaban J connectivity index is 4.84. The molecule has 0 spiro atoms. The number of methoxy groups -OCH3 is 1. The van der Waals surface area contributed by atoms with Gasteiger partial charge in [0, 0.05) is 13.5 Å². The van der Waals surface area contributed by atoms with Crippen LogP contribution in [0.15, 0.2) is 0 Å². The van der Waals surface area contributed by atoms with Crippen molar-refractivity contribution in [2.75, 3.05) is 13.7 Å². The number of carbonyl (C=O) groups excluding carboxylic acids is 1. The predicted molar refractivity (Wildman–Crippen MR) is 96.2 cm³/mol. The molecule has 0 rings (SSSR count). The number of ketones is 1. The Morgan fingerprint density at radius 3 is 1.91 bits per heavy atom. The van der Waals surface area contributed by atoms with Crippen LogP contribution in [-0.4, -0.2) is 19.5 Å². The fraction of sp³-hybridized carbons (Fsp3) is 0.950. The van der Waals surface area contributed by atoms with Crippen molar-refractivity contribution in [2.24, 2.45) is 17.3 Å². The second-order valence-electron chi connectivity index (χ2n) is 7.81. The maximum Gasteiger partial charge on any atom is 0.141 e. The summed E-state index contributed by atoms with van der Waals surface area (Å²) in [6.45, 7) is 11.8. The standard InChI is InChI=1S/C20H40O2/c1-7-8-9-10-11-19(21)20(16-22-6,14-12-17(2)3)15-13-18(4)5/h17-18H,7-16H2,1-6H3. The maximum atomic E-state index is 13.0. The maximum absolute atomic E-state index is 13.0. The molecule has 2 heteroatoms. The van der Waals surface area contributed by atoms with Crippen LogP contribution < -0.4 is 0 Å². The number of rotatable bonds is 14. The highest BCUT2D eigenvalue weighted by atomic mass is 16.5. The van der Waals surface area contributed by atoms with E-state index in [4.69, 9.17) is 4.74 Å². The van der Waals surface area contributed by atoms with Crippen LogP contribution in [0.1, 0.15) is 92.4 Å². The molecule has 0 aromatic heterocycles. The summed E-state index contributed by atoms with van der Waals surface area (Å²) >= 11 is 0. The first-order valence-corrected chi connectivity index (χ1v) is 9.40. The van der Waals surface area contributed by atoms with Gasteiger partial charge in [-0.2, -0.15) is 0 Å². The van der Waals surface area contributed by atoms with Gasteiger partial charge in [0.1, 0.15) is 5.78 Å². The highest BCUT2D eigenvalue weighted by molar-refractivity contribution is 5.85. The molecule has 0 saturated heterocycles. The van der Waals surface area contributed by atoms with Gasteiger partial charge in [-0.05, 0) is 43.9 Å². The minimum Gasteiger partial charge on any atom is -0.384 e. The summed E-state index contributed by atoms with van der Waals surface area (Å²) in [5.41, 5.74) is -0.241. The number of ether oxygens (including phenoxy) is 1. The van der Waals surface area contributed by atoms with E-state index in [2.05, 4.69) is 34.6 Å². The number of Topliss-reactive ketones (excluding diaryl/α,β-unsaturated/α-hetero) is 1. The van der Waals surface area contributed by atoms with Crippen molar-refractivity contribution in [1.29, 1.82) is 0 Å². The van der Waals surface area contributed by atoms with Crippen LogP contribution in [0.4, 0.5) is 0 Å². The Morgan fingerprint density at radius 2 is 1.50 bits per heavy atom. The molecule has 0 heterocycles. The smallest absolute Gasteiger partial charge is 0.141 e. The van der Waals surface area contributed by atoms with E-state index in [1.54, 1.807) is 7.11 Å². The molecule has 0 saturated carbocycles. The highest BCUT2D eigenvalue weighted by Crippen LogP contribution is 2.36. The summed E-state index contributed by atoms with van der Waals surface area (Å²) < 4.78 is 5.50. The van der Waals surface area contributed by atoms with Crippen LogP contribution in [-0.2, 0) is 9.53 Å². The molecule has 0 amide bonds. The van der Waals surface area contributed by atoms with E-state index >= 15 is 0 Å². The fourth-order valence-corrected chi connectivity index (χ4v) is 3.01. The molecule has 132 valence electrons. The molecule has 0 atom stereocenters. The molecule has 0 aliphatic heterocycles. The molecule has 0 radical (unpaired) electrons. The monoisotopic (exact) mass is 312 g/mol. The third-order valence-corrected chi connectivity index (χ3v) is 4.67. The predicted octanol–water partition coefficient (Wildman–Crippen LogP) is 6.03. The first kappa shape index (κ1) is 21.6. The molecule has 22 heavy (non-hydrogen) atoms. The van der Waals surface area contributed by atoms with Crippen LogP contribution in [0.25, 0.3) is 0 Å². The van der Waals surface area contributed by atoms with Crippen LogP contribution in [0.5, 0.6) is 0 Å². The van der Waals surface area contributed by atoms with Crippen molar-refractivity contribution >= 4 is 5.78 Å². The zero-order valence-electron chi connectivity index (χ0n) is 16.0. The van der Waals surface area contributed by atoms with Gasteiger partial charge in [-0.15, -0.1) is 0 Å². The zero-order valence-corrected chi connectivity index (χ0v) is 16.0. The summed E-state index contributed by atoms with van der Waals surface area (Å²) in [4.78, 5) is 13.0. The summed E-state index contributed by atoms with van der Waals surface area (Å²) in [5.74, 6) is 1.73. The van der Waals surface area contributed by atoms with Crippen LogP contribution in [0.2, 0.25) is 0 Å². The van der Waals surface area contributed by atoms with Crippen molar-refractivity contribution in [3.05, 3.63) is 0 Å². The molecule has 0 aromatic carbocycles. The lowest BCUT2D eigenvalue weighted by molar-refractivity contribution is -0.133. The molecular weight excluding hydrogens is 272 g/mol. The van der Waals surface area contributed by atoms with Gasteiger partial charge in [0.2, 0.25) is 0 Å². The van der Waals surface area contributed by atoms with E-state index in [9.17, 15) is 4.79 Å². The Labute approximate surface area is 139 Å². The first-order valence-electron chi connectivity index (χ1n) is 9.40. The number of carbonyl (C=O) groups is 1. The fourth-order valence-electron chi connectivity index (χ4n) is 3.01. The summed E-state index contributed by atoms with van der Waals surface area (Å²) in [6.07, 6.45) is 9.61. The van der Waals surface area contributed by atoms with Gasteiger partial charge in [-0.25, -0.2) is 0 Å². The van der Waals surface area contributed by atoms with Gasteiger partial charge >= 0.3 is 0 Å². The van der Waals surface area contributed by atoms with Gasteiger partial charge in [-0.3, -0.25) is 4.79 Å². The van der Waals surface area contributed by atoms with Gasteiger partial charge in [0.15, 0.2) is 0 Å². The van der Waals surface area contributed by atoms with E-state index in [0.717, 1.165) is 38.5 Å². The number of hydrogen-bond acceptors (Lipinski definition) is 2. The lowest BCUT2D eigenvalue weighted by Crippen LogP contribution is -2.36. The number of hydrogen-bond donors (Lipinski definition) is 0. The Bertz CT molecular complexity index is 269. The number of unbranched alkanes of at least 4 members (excludes halogenated alkanes) is 3. The highest BCUT2D eigenvalue weighted by Gasteiger charge is 2.37. The van der Waals surface area contributed by atoms with Crippen molar-refractivity contribution in [1.82, 2.24) is 0 Å². The molecule has 0 bridgehead atoms. The normalized spacial score (nSPS) is 12.4. The molecular formula is C20H40O2. The van der Waals surface area contributed by atoms with Gasteiger partial charge in [0.25, 0.3) is 0 Å². The topological polar surface area (TPSA) is 26.3 Å². The second kappa shape index (κ2) is 12.1. The van der Waals surface area contributed by atoms with E-state index in [-0.39, 0.29) is 5.41 Å². The Kier molecular flexibility index (Phi) is 11.9. The van der Waals surface area contributed by atoms with Crippen LogP contribution in [0, 0.1) is 17.3 Å². The Morgan fingerprint density at radius 1 is 0.955 bits per heavy atom. The van der Waals surface area contributed by atoms with Gasteiger partial charge in [-0.1, -0.05) is 53.9 Å². The van der Waals surface area contributed by atoms with Crippen molar-refractivity contribution in [3.63, 3.8) is 0 Å².